The summed E-state index contributed by atoms with van der Waals surface area (Å²) in [6, 6.07) is 7.47. The summed E-state index contributed by atoms with van der Waals surface area (Å²) in [7, 11) is 0. The van der Waals surface area contributed by atoms with Gasteiger partial charge in [0.05, 0.1) is 6.61 Å². The maximum atomic E-state index is 12.5. The fraction of sp³-hybridized carbons (Fsp3) is 0.588. The molecule has 0 spiro atoms. The molecule has 0 aromatic heterocycles. The Morgan fingerprint density at radius 3 is 2.48 bits per heavy atom. The minimum absolute atomic E-state index is 0.160. The second-order valence-electron chi connectivity index (χ2n) is 5.89. The number of hydrogen-bond donors (Lipinski definition) is 1. The lowest BCUT2D eigenvalue weighted by molar-refractivity contribution is -0.150. The van der Waals surface area contributed by atoms with E-state index in [9.17, 15) is 4.79 Å². The Morgan fingerprint density at radius 1 is 1.29 bits per heavy atom. The second kappa shape index (κ2) is 7.17. The van der Waals surface area contributed by atoms with E-state index in [2.05, 4.69) is 5.32 Å². The Hall–Kier alpha value is -1.22. The van der Waals surface area contributed by atoms with E-state index < -0.39 is 5.54 Å². The number of carbonyl (C=O) groups excluding carboxylic acids is 1. The molecule has 1 unspecified atom stereocenters. The van der Waals surface area contributed by atoms with Crippen molar-refractivity contribution in [2.45, 2.75) is 51.5 Å². The molecule has 1 N–H and O–H groups in total. The average molecular weight is 310 g/mol. The highest BCUT2D eigenvalue weighted by atomic mass is 35.5. The van der Waals surface area contributed by atoms with E-state index >= 15 is 0 Å². The molecule has 0 saturated heterocycles. The predicted octanol–water partition coefficient (Wildman–Crippen LogP) is 4.65. The van der Waals surface area contributed by atoms with E-state index in [0.29, 0.717) is 17.5 Å². The minimum atomic E-state index is -0.676. The molecule has 0 amide bonds. The zero-order valence-electron chi connectivity index (χ0n) is 12.8. The number of rotatable bonds is 5. The van der Waals surface area contributed by atoms with E-state index in [1.807, 2.05) is 38.1 Å². The molecule has 0 radical (unpaired) electrons. The summed E-state index contributed by atoms with van der Waals surface area (Å²) in [5, 5.41) is 4.09. The lowest BCUT2D eigenvalue weighted by atomic mass is 9.75. The quantitative estimate of drug-likeness (QED) is 0.804. The van der Waals surface area contributed by atoms with Crippen LogP contribution in [0.5, 0.6) is 0 Å². The molecule has 3 nitrogen and oxygen atoms in total. The lowest BCUT2D eigenvalue weighted by Gasteiger charge is -2.39. The minimum Gasteiger partial charge on any atom is -0.464 e. The van der Waals surface area contributed by atoms with Crippen LogP contribution in [0.25, 0.3) is 0 Å². The highest BCUT2D eigenvalue weighted by molar-refractivity contribution is 6.30. The molecule has 0 bridgehead atoms. The number of halogens is 1. The Kier molecular flexibility index (Phi) is 5.51. The number of ether oxygens (including phenoxy) is 1. The summed E-state index contributed by atoms with van der Waals surface area (Å²) >= 11 is 5.92. The first-order valence-electron chi connectivity index (χ1n) is 7.77. The van der Waals surface area contributed by atoms with E-state index in [-0.39, 0.29) is 5.97 Å². The molecule has 1 fully saturated rings. The van der Waals surface area contributed by atoms with Gasteiger partial charge in [-0.25, -0.2) is 4.79 Å². The van der Waals surface area contributed by atoms with Crippen LogP contribution in [0.2, 0.25) is 5.02 Å². The van der Waals surface area contributed by atoms with Crippen molar-refractivity contribution in [3.05, 3.63) is 29.3 Å². The molecule has 1 aromatic carbocycles. The van der Waals surface area contributed by atoms with Gasteiger partial charge in [0.15, 0.2) is 0 Å². The van der Waals surface area contributed by atoms with Crippen molar-refractivity contribution < 1.29 is 9.53 Å². The van der Waals surface area contributed by atoms with Gasteiger partial charge >= 0.3 is 5.97 Å². The molecular weight excluding hydrogens is 286 g/mol. The molecule has 0 heterocycles. The van der Waals surface area contributed by atoms with Crippen LogP contribution in [0.15, 0.2) is 24.3 Å². The van der Waals surface area contributed by atoms with Crippen molar-refractivity contribution in [3.63, 3.8) is 0 Å². The van der Waals surface area contributed by atoms with Crippen molar-refractivity contribution in [1.82, 2.24) is 0 Å². The van der Waals surface area contributed by atoms with E-state index in [1.165, 1.54) is 19.3 Å². The van der Waals surface area contributed by atoms with E-state index in [0.717, 1.165) is 18.5 Å². The van der Waals surface area contributed by atoms with Crippen LogP contribution in [0.4, 0.5) is 5.69 Å². The molecule has 1 aromatic rings. The maximum absolute atomic E-state index is 12.5. The van der Waals surface area contributed by atoms with E-state index in [1.54, 1.807) is 0 Å². The number of anilines is 1. The van der Waals surface area contributed by atoms with Gasteiger partial charge in [-0.3, -0.25) is 0 Å². The van der Waals surface area contributed by atoms with Gasteiger partial charge in [-0.1, -0.05) is 30.9 Å². The SMILES string of the molecule is CCOC(=O)C(C)(Nc1ccc(Cl)cc1)C1CCCCC1. The number of hydrogen-bond acceptors (Lipinski definition) is 3. The molecule has 1 atom stereocenters. The molecule has 2 rings (SSSR count). The van der Waals surface area contributed by atoms with Gasteiger partial charge in [-0.15, -0.1) is 0 Å². The molecule has 1 saturated carbocycles. The second-order valence-corrected chi connectivity index (χ2v) is 6.33. The molecule has 116 valence electrons. The van der Waals surface area contributed by atoms with Crippen LogP contribution in [0, 0.1) is 5.92 Å². The molecular formula is C17H24ClNO2. The number of esters is 1. The number of nitrogens with one attached hydrogen (secondary N) is 1. The third kappa shape index (κ3) is 3.91. The molecule has 0 aliphatic heterocycles. The van der Waals surface area contributed by atoms with Gasteiger partial charge in [0, 0.05) is 10.7 Å². The monoisotopic (exact) mass is 309 g/mol. The van der Waals surface area contributed by atoms with Crippen LogP contribution in [-0.2, 0) is 9.53 Å². The topological polar surface area (TPSA) is 38.3 Å². The Labute approximate surface area is 132 Å². The Balaban J connectivity index is 2.21. The summed E-state index contributed by atoms with van der Waals surface area (Å²) in [5.41, 5.74) is 0.227. The van der Waals surface area contributed by atoms with Crippen molar-refractivity contribution >= 4 is 23.3 Å². The number of benzene rings is 1. The summed E-state index contributed by atoms with van der Waals surface area (Å²) in [6.45, 7) is 4.22. The third-order valence-corrected chi connectivity index (χ3v) is 4.62. The standard InChI is InChI=1S/C17H24ClNO2/c1-3-21-16(20)17(2,13-7-5-4-6-8-13)19-15-11-9-14(18)10-12-15/h9-13,19H,3-8H2,1-2H3. The highest BCUT2D eigenvalue weighted by Gasteiger charge is 2.42. The van der Waals surface area contributed by atoms with Crippen molar-refractivity contribution in [3.8, 4) is 0 Å². The van der Waals surface area contributed by atoms with Crippen molar-refractivity contribution in [2.24, 2.45) is 5.92 Å². The molecule has 4 heteroatoms. The summed E-state index contributed by atoms with van der Waals surface area (Å²) in [5.74, 6) is 0.146. The van der Waals surface area contributed by atoms with E-state index in [4.69, 9.17) is 16.3 Å². The smallest absolute Gasteiger partial charge is 0.331 e. The fourth-order valence-corrected chi connectivity index (χ4v) is 3.24. The Bertz CT molecular complexity index is 468. The van der Waals surface area contributed by atoms with Crippen molar-refractivity contribution in [2.75, 3.05) is 11.9 Å². The molecule has 1 aliphatic carbocycles. The van der Waals surface area contributed by atoms with Gasteiger partial charge in [0.1, 0.15) is 5.54 Å². The van der Waals surface area contributed by atoms with Crippen LogP contribution >= 0.6 is 11.6 Å². The largest absolute Gasteiger partial charge is 0.464 e. The first-order chi connectivity index (χ1) is 10.1. The normalized spacial score (nSPS) is 18.8. The summed E-state index contributed by atoms with van der Waals surface area (Å²) < 4.78 is 5.33. The van der Waals surface area contributed by atoms with Gasteiger partial charge in [0.2, 0.25) is 0 Å². The van der Waals surface area contributed by atoms with Crippen LogP contribution in [-0.4, -0.2) is 18.1 Å². The third-order valence-electron chi connectivity index (χ3n) is 4.37. The molecule has 21 heavy (non-hydrogen) atoms. The highest BCUT2D eigenvalue weighted by Crippen LogP contribution is 2.36. The maximum Gasteiger partial charge on any atom is 0.331 e. The van der Waals surface area contributed by atoms with Crippen LogP contribution in [0.1, 0.15) is 46.0 Å². The zero-order chi connectivity index (χ0) is 15.3. The van der Waals surface area contributed by atoms with Crippen molar-refractivity contribution in [1.29, 1.82) is 0 Å². The summed E-state index contributed by atoms with van der Waals surface area (Å²) in [4.78, 5) is 12.5. The zero-order valence-corrected chi connectivity index (χ0v) is 13.6. The first-order valence-corrected chi connectivity index (χ1v) is 8.15. The van der Waals surface area contributed by atoms with Gasteiger partial charge < -0.3 is 10.1 Å². The first kappa shape index (κ1) is 16.2. The van der Waals surface area contributed by atoms with Gasteiger partial charge in [-0.2, -0.15) is 0 Å². The lowest BCUT2D eigenvalue weighted by Crippen LogP contribution is -2.51. The average Bonchev–Trinajstić information content (AvgIpc) is 2.50. The predicted molar refractivity (Wildman–Crippen MR) is 86.7 cm³/mol. The summed E-state index contributed by atoms with van der Waals surface area (Å²) in [6.07, 6.45) is 5.76. The Morgan fingerprint density at radius 2 is 1.90 bits per heavy atom. The van der Waals surface area contributed by atoms with Crippen LogP contribution in [0.3, 0.4) is 0 Å². The van der Waals surface area contributed by atoms with Gasteiger partial charge in [0.25, 0.3) is 0 Å². The molecule has 1 aliphatic rings. The fourth-order valence-electron chi connectivity index (χ4n) is 3.11. The van der Waals surface area contributed by atoms with Crippen LogP contribution < -0.4 is 5.32 Å². The van der Waals surface area contributed by atoms with Gasteiger partial charge in [-0.05, 0) is 56.9 Å². The number of carbonyl (C=O) groups is 1.